The summed E-state index contributed by atoms with van der Waals surface area (Å²) in [6, 6.07) is 17.6. The molecule has 0 saturated heterocycles. The van der Waals surface area contributed by atoms with Gasteiger partial charge in [-0.3, -0.25) is 9.78 Å². The van der Waals surface area contributed by atoms with Crippen molar-refractivity contribution in [1.29, 1.82) is 0 Å². The third-order valence-electron chi connectivity index (χ3n) is 4.96. The van der Waals surface area contributed by atoms with E-state index in [1.54, 1.807) is 30.6 Å². The highest BCUT2D eigenvalue weighted by Crippen LogP contribution is 2.38. The molecule has 1 aliphatic rings. The van der Waals surface area contributed by atoms with E-state index in [4.69, 9.17) is 21.1 Å². The SMILES string of the molecule is O=C(/C=C/c1cc(Cl)c2c(c1)OCCO2)N(CCc1ccccc1)Cc1cccnc1. The van der Waals surface area contributed by atoms with Gasteiger partial charge in [0.15, 0.2) is 11.5 Å². The number of carbonyl (C=O) groups excluding carboxylic acids is 1. The molecule has 1 aromatic heterocycles. The number of hydrogen-bond acceptors (Lipinski definition) is 4. The molecule has 0 unspecified atom stereocenters. The van der Waals surface area contributed by atoms with Crippen LogP contribution < -0.4 is 9.47 Å². The van der Waals surface area contributed by atoms with Gasteiger partial charge in [-0.05, 0) is 47.4 Å². The largest absolute Gasteiger partial charge is 0.486 e. The molecule has 0 aliphatic carbocycles. The molecule has 0 atom stereocenters. The van der Waals surface area contributed by atoms with Crippen molar-refractivity contribution in [3.05, 3.63) is 94.8 Å². The molecule has 0 radical (unpaired) electrons. The molecule has 5 nitrogen and oxygen atoms in total. The van der Waals surface area contributed by atoms with E-state index in [1.807, 2.05) is 41.3 Å². The number of ether oxygens (including phenoxy) is 2. The number of nitrogens with zero attached hydrogens (tertiary/aromatic N) is 2. The zero-order chi connectivity index (χ0) is 21.5. The van der Waals surface area contributed by atoms with Crippen molar-refractivity contribution >= 4 is 23.6 Å². The molecule has 0 saturated carbocycles. The van der Waals surface area contributed by atoms with Gasteiger partial charge in [0, 0.05) is 31.6 Å². The van der Waals surface area contributed by atoms with Crippen molar-refractivity contribution in [3.8, 4) is 11.5 Å². The van der Waals surface area contributed by atoms with E-state index in [1.165, 1.54) is 5.56 Å². The number of benzene rings is 2. The topological polar surface area (TPSA) is 51.7 Å². The summed E-state index contributed by atoms with van der Waals surface area (Å²) in [4.78, 5) is 19.0. The van der Waals surface area contributed by atoms with Crippen LogP contribution >= 0.6 is 11.6 Å². The van der Waals surface area contributed by atoms with Gasteiger partial charge in [0.05, 0.1) is 5.02 Å². The van der Waals surface area contributed by atoms with Crippen molar-refractivity contribution in [1.82, 2.24) is 9.88 Å². The molecule has 31 heavy (non-hydrogen) atoms. The summed E-state index contributed by atoms with van der Waals surface area (Å²) in [6.07, 6.45) is 7.61. The lowest BCUT2D eigenvalue weighted by molar-refractivity contribution is -0.126. The normalized spacial score (nSPS) is 12.7. The molecule has 0 spiro atoms. The molecule has 1 aliphatic heterocycles. The van der Waals surface area contributed by atoms with Crippen LogP contribution in [0.5, 0.6) is 11.5 Å². The summed E-state index contributed by atoms with van der Waals surface area (Å²) in [5.74, 6) is 1.07. The number of carbonyl (C=O) groups is 1. The molecular formula is C25H23ClN2O3. The zero-order valence-corrected chi connectivity index (χ0v) is 17.8. The molecule has 2 heterocycles. The summed E-state index contributed by atoms with van der Waals surface area (Å²) in [7, 11) is 0. The van der Waals surface area contributed by atoms with E-state index >= 15 is 0 Å². The van der Waals surface area contributed by atoms with Gasteiger partial charge >= 0.3 is 0 Å². The lowest BCUT2D eigenvalue weighted by atomic mass is 10.1. The lowest BCUT2D eigenvalue weighted by Gasteiger charge is -2.22. The number of aromatic nitrogens is 1. The molecule has 0 bridgehead atoms. The Hall–Kier alpha value is -3.31. The van der Waals surface area contributed by atoms with Gasteiger partial charge in [-0.2, -0.15) is 0 Å². The third kappa shape index (κ3) is 5.64. The maximum absolute atomic E-state index is 13.0. The number of pyridine rings is 1. The highest BCUT2D eigenvalue weighted by atomic mass is 35.5. The predicted molar refractivity (Wildman–Crippen MR) is 121 cm³/mol. The van der Waals surface area contributed by atoms with Gasteiger partial charge in [-0.15, -0.1) is 0 Å². The number of amides is 1. The predicted octanol–water partition coefficient (Wildman–Crippen LogP) is 4.79. The van der Waals surface area contributed by atoms with Gasteiger partial charge in [-0.1, -0.05) is 48.0 Å². The monoisotopic (exact) mass is 434 g/mol. The Morgan fingerprint density at radius 2 is 1.87 bits per heavy atom. The standard InChI is InChI=1S/C25H23ClN2O3/c26-22-15-20(16-23-25(22)31-14-13-30-23)8-9-24(29)28(18-21-7-4-11-27-17-21)12-10-19-5-2-1-3-6-19/h1-9,11,15-17H,10,12-14,18H2/b9-8+. The fourth-order valence-corrected chi connectivity index (χ4v) is 3.66. The minimum absolute atomic E-state index is 0.0780. The molecular weight excluding hydrogens is 412 g/mol. The van der Waals surface area contributed by atoms with Crippen LogP contribution in [0, 0.1) is 0 Å². The Morgan fingerprint density at radius 3 is 2.68 bits per heavy atom. The van der Waals surface area contributed by atoms with E-state index in [-0.39, 0.29) is 5.91 Å². The second-order valence-electron chi connectivity index (χ2n) is 7.22. The number of rotatable bonds is 7. The van der Waals surface area contributed by atoms with Crippen LogP contribution in [-0.4, -0.2) is 35.5 Å². The zero-order valence-electron chi connectivity index (χ0n) is 17.0. The Labute approximate surface area is 186 Å². The molecule has 1 amide bonds. The summed E-state index contributed by atoms with van der Waals surface area (Å²) in [5, 5.41) is 0.473. The Bertz CT molecular complexity index is 1060. The molecule has 2 aromatic carbocycles. The van der Waals surface area contributed by atoms with Gasteiger partial charge in [-0.25, -0.2) is 0 Å². The van der Waals surface area contributed by atoms with Crippen LogP contribution in [-0.2, 0) is 17.8 Å². The highest BCUT2D eigenvalue weighted by molar-refractivity contribution is 6.32. The van der Waals surface area contributed by atoms with Gasteiger partial charge in [0.2, 0.25) is 5.91 Å². The number of hydrogen-bond donors (Lipinski definition) is 0. The van der Waals surface area contributed by atoms with E-state index in [9.17, 15) is 4.79 Å². The van der Waals surface area contributed by atoms with Crippen molar-refractivity contribution in [3.63, 3.8) is 0 Å². The van der Waals surface area contributed by atoms with Crippen molar-refractivity contribution in [2.45, 2.75) is 13.0 Å². The Balaban J connectivity index is 1.50. The summed E-state index contributed by atoms with van der Waals surface area (Å²) in [5.41, 5.74) is 2.96. The van der Waals surface area contributed by atoms with Crippen molar-refractivity contribution < 1.29 is 14.3 Å². The van der Waals surface area contributed by atoms with E-state index < -0.39 is 0 Å². The maximum atomic E-state index is 13.0. The van der Waals surface area contributed by atoms with Crippen LogP contribution in [0.15, 0.2) is 73.1 Å². The second-order valence-corrected chi connectivity index (χ2v) is 7.62. The highest BCUT2D eigenvalue weighted by Gasteiger charge is 2.16. The first-order chi connectivity index (χ1) is 15.2. The maximum Gasteiger partial charge on any atom is 0.246 e. The fraction of sp³-hybridized carbons (Fsp3) is 0.200. The smallest absolute Gasteiger partial charge is 0.246 e. The number of fused-ring (bicyclic) bond motifs is 1. The van der Waals surface area contributed by atoms with E-state index in [0.29, 0.717) is 42.8 Å². The van der Waals surface area contributed by atoms with Crippen molar-refractivity contribution in [2.24, 2.45) is 0 Å². The van der Waals surface area contributed by atoms with Crippen molar-refractivity contribution in [2.75, 3.05) is 19.8 Å². The summed E-state index contributed by atoms with van der Waals surface area (Å²) >= 11 is 6.31. The average Bonchev–Trinajstić information content (AvgIpc) is 2.81. The summed E-state index contributed by atoms with van der Waals surface area (Å²) in [6.45, 7) is 2.05. The lowest BCUT2D eigenvalue weighted by Crippen LogP contribution is -2.31. The Kier molecular flexibility index (Phi) is 6.85. The van der Waals surface area contributed by atoms with E-state index in [0.717, 1.165) is 17.5 Å². The third-order valence-corrected chi connectivity index (χ3v) is 5.24. The van der Waals surface area contributed by atoms with E-state index in [2.05, 4.69) is 17.1 Å². The summed E-state index contributed by atoms with van der Waals surface area (Å²) < 4.78 is 11.2. The van der Waals surface area contributed by atoms with Gasteiger partial charge in [0.25, 0.3) is 0 Å². The van der Waals surface area contributed by atoms with Crippen LogP contribution in [0.4, 0.5) is 0 Å². The first-order valence-corrected chi connectivity index (χ1v) is 10.6. The average molecular weight is 435 g/mol. The molecule has 158 valence electrons. The minimum atomic E-state index is -0.0780. The first kappa shape index (κ1) is 20.9. The Morgan fingerprint density at radius 1 is 1.06 bits per heavy atom. The molecule has 4 rings (SSSR count). The molecule has 0 fully saturated rings. The molecule has 6 heteroatoms. The van der Waals surface area contributed by atoms with Gasteiger partial charge in [0.1, 0.15) is 13.2 Å². The van der Waals surface area contributed by atoms with Crippen LogP contribution in [0.1, 0.15) is 16.7 Å². The number of halogens is 1. The molecule has 3 aromatic rings. The molecule has 0 N–H and O–H groups in total. The minimum Gasteiger partial charge on any atom is -0.486 e. The second kappa shape index (κ2) is 10.1. The van der Waals surface area contributed by atoms with Crippen LogP contribution in [0.3, 0.4) is 0 Å². The van der Waals surface area contributed by atoms with Crippen LogP contribution in [0.2, 0.25) is 5.02 Å². The fourth-order valence-electron chi connectivity index (χ4n) is 3.39. The first-order valence-electron chi connectivity index (χ1n) is 10.2. The van der Waals surface area contributed by atoms with Gasteiger partial charge < -0.3 is 14.4 Å². The van der Waals surface area contributed by atoms with Crippen LogP contribution in [0.25, 0.3) is 6.08 Å². The quantitative estimate of drug-likeness (QED) is 0.501.